The first-order valence-corrected chi connectivity index (χ1v) is 11.4. The molecule has 2 aromatic carbocycles. The smallest absolute Gasteiger partial charge is 0.338 e. The van der Waals surface area contributed by atoms with Crippen molar-refractivity contribution in [1.82, 2.24) is 0 Å². The standard InChI is InChI=1S/C20H26O4Si/c1-20(2,15-16-22-19(21)17-11-7-5-8-12-17)23-24-25(3,4)18-13-9-6-10-14-18/h5-14H,15-16H2,1-4H3. The van der Waals surface area contributed by atoms with Crippen LogP contribution < -0.4 is 5.19 Å². The second kappa shape index (κ2) is 8.42. The number of ether oxygens (including phenoxy) is 1. The van der Waals surface area contributed by atoms with Crippen molar-refractivity contribution in [3.63, 3.8) is 0 Å². The van der Waals surface area contributed by atoms with Crippen LogP contribution in [0.4, 0.5) is 0 Å². The van der Waals surface area contributed by atoms with Gasteiger partial charge in [0.15, 0.2) is 0 Å². The van der Waals surface area contributed by atoms with Crippen LogP contribution in [0.2, 0.25) is 13.1 Å². The zero-order chi connectivity index (χ0) is 18.3. The highest BCUT2D eigenvalue weighted by Gasteiger charge is 2.31. The average molecular weight is 359 g/mol. The van der Waals surface area contributed by atoms with Crippen LogP contribution in [-0.2, 0) is 14.2 Å². The number of hydrogen-bond donors (Lipinski definition) is 0. The summed E-state index contributed by atoms with van der Waals surface area (Å²) in [5.74, 6) is -0.323. The van der Waals surface area contributed by atoms with E-state index in [1.807, 2.05) is 50.2 Å². The van der Waals surface area contributed by atoms with Gasteiger partial charge < -0.3 is 4.74 Å². The lowest BCUT2D eigenvalue weighted by Crippen LogP contribution is -2.46. The minimum Gasteiger partial charge on any atom is -0.462 e. The van der Waals surface area contributed by atoms with Gasteiger partial charge in [-0.1, -0.05) is 48.5 Å². The van der Waals surface area contributed by atoms with Gasteiger partial charge in [-0.2, -0.15) is 0 Å². The van der Waals surface area contributed by atoms with E-state index in [-0.39, 0.29) is 12.6 Å². The van der Waals surface area contributed by atoms with Gasteiger partial charge in [-0.15, -0.1) is 0 Å². The van der Waals surface area contributed by atoms with Gasteiger partial charge in [0, 0.05) is 6.42 Å². The van der Waals surface area contributed by atoms with Gasteiger partial charge in [0.25, 0.3) is 8.32 Å². The summed E-state index contributed by atoms with van der Waals surface area (Å²) in [5.41, 5.74) is 0.00540. The van der Waals surface area contributed by atoms with Crippen LogP contribution in [0.5, 0.6) is 0 Å². The number of carbonyl (C=O) groups is 1. The Morgan fingerprint density at radius 2 is 1.52 bits per heavy atom. The number of carbonyl (C=O) groups excluding carboxylic acids is 1. The van der Waals surface area contributed by atoms with E-state index in [2.05, 4.69) is 25.2 Å². The Balaban J connectivity index is 1.80. The Morgan fingerprint density at radius 3 is 2.12 bits per heavy atom. The maximum Gasteiger partial charge on any atom is 0.338 e. The molecule has 0 aliphatic heterocycles. The molecule has 0 N–H and O–H groups in total. The monoisotopic (exact) mass is 358 g/mol. The van der Waals surface area contributed by atoms with Crippen molar-refractivity contribution in [1.29, 1.82) is 0 Å². The average Bonchev–Trinajstić information content (AvgIpc) is 2.61. The molecule has 0 spiro atoms. The first-order chi connectivity index (χ1) is 11.8. The molecule has 0 saturated heterocycles. The number of rotatable bonds is 8. The van der Waals surface area contributed by atoms with Crippen molar-refractivity contribution in [2.24, 2.45) is 0 Å². The van der Waals surface area contributed by atoms with Gasteiger partial charge >= 0.3 is 5.97 Å². The lowest BCUT2D eigenvalue weighted by molar-refractivity contribution is -0.292. The fourth-order valence-corrected chi connectivity index (χ4v) is 3.72. The van der Waals surface area contributed by atoms with Crippen LogP contribution in [0.1, 0.15) is 30.6 Å². The third kappa shape index (κ3) is 6.12. The van der Waals surface area contributed by atoms with Crippen molar-refractivity contribution < 1.29 is 19.0 Å². The fourth-order valence-electron chi connectivity index (χ4n) is 2.19. The van der Waals surface area contributed by atoms with Crippen LogP contribution in [0, 0.1) is 0 Å². The van der Waals surface area contributed by atoms with Crippen molar-refractivity contribution in [2.75, 3.05) is 6.61 Å². The summed E-state index contributed by atoms with van der Waals surface area (Å²) in [6.45, 7) is 8.32. The Bertz CT molecular complexity index is 669. The van der Waals surface area contributed by atoms with Crippen LogP contribution in [-0.4, -0.2) is 26.5 Å². The molecule has 4 nitrogen and oxygen atoms in total. The van der Waals surface area contributed by atoms with Crippen molar-refractivity contribution in [3.8, 4) is 0 Å². The third-order valence-electron chi connectivity index (χ3n) is 3.89. The van der Waals surface area contributed by atoms with E-state index >= 15 is 0 Å². The maximum absolute atomic E-state index is 11.9. The summed E-state index contributed by atoms with van der Waals surface area (Å²) in [5, 5.41) is 1.17. The van der Waals surface area contributed by atoms with Gasteiger partial charge in [0.1, 0.15) is 0 Å². The first-order valence-electron chi connectivity index (χ1n) is 8.45. The molecule has 0 saturated carbocycles. The molecule has 0 radical (unpaired) electrons. The molecule has 2 rings (SSSR count). The molecule has 0 aromatic heterocycles. The topological polar surface area (TPSA) is 44.8 Å². The predicted octanol–water partition coefficient (Wildman–Crippen LogP) is 4.07. The van der Waals surface area contributed by atoms with E-state index in [1.54, 1.807) is 12.1 Å². The Kier molecular flexibility index (Phi) is 6.53. The van der Waals surface area contributed by atoms with Crippen LogP contribution in [0.15, 0.2) is 60.7 Å². The Hall–Kier alpha value is -1.95. The van der Waals surface area contributed by atoms with Crippen molar-refractivity contribution in [3.05, 3.63) is 66.2 Å². The second-order valence-corrected chi connectivity index (χ2v) is 10.8. The Labute approximate surface area is 150 Å². The van der Waals surface area contributed by atoms with E-state index in [9.17, 15) is 4.79 Å². The molecular formula is C20H26O4Si. The minimum atomic E-state index is -2.13. The molecule has 0 heterocycles. The first kappa shape index (κ1) is 19.4. The maximum atomic E-state index is 11.9. The van der Waals surface area contributed by atoms with Gasteiger partial charge in [-0.25, -0.2) is 9.68 Å². The zero-order valence-electron chi connectivity index (χ0n) is 15.3. The lowest BCUT2D eigenvalue weighted by Gasteiger charge is -2.29. The lowest BCUT2D eigenvalue weighted by atomic mass is 10.1. The molecule has 25 heavy (non-hydrogen) atoms. The molecular weight excluding hydrogens is 332 g/mol. The van der Waals surface area contributed by atoms with Crippen molar-refractivity contribution >= 4 is 19.5 Å². The summed E-state index contributed by atoms with van der Waals surface area (Å²) in [6.07, 6.45) is 0.546. The van der Waals surface area contributed by atoms with Gasteiger partial charge in [0.05, 0.1) is 17.8 Å². The molecule has 0 bridgehead atoms. The highest BCUT2D eigenvalue weighted by atomic mass is 28.4. The molecule has 0 aliphatic rings. The van der Waals surface area contributed by atoms with Crippen molar-refractivity contribution in [2.45, 2.75) is 39.0 Å². The quantitative estimate of drug-likeness (QED) is 0.309. The van der Waals surface area contributed by atoms with Crippen LogP contribution in [0.3, 0.4) is 0 Å². The number of benzene rings is 2. The molecule has 0 aliphatic carbocycles. The molecule has 0 amide bonds. The number of esters is 1. The molecule has 0 atom stereocenters. The summed E-state index contributed by atoms with van der Waals surface area (Å²) in [7, 11) is -2.13. The minimum absolute atomic E-state index is 0.275. The number of hydrogen-bond acceptors (Lipinski definition) is 4. The molecule has 5 heteroatoms. The highest BCUT2D eigenvalue weighted by molar-refractivity contribution is 6.84. The predicted molar refractivity (Wildman–Crippen MR) is 101 cm³/mol. The largest absolute Gasteiger partial charge is 0.462 e. The summed E-state index contributed by atoms with van der Waals surface area (Å²) in [6, 6.07) is 19.1. The summed E-state index contributed by atoms with van der Waals surface area (Å²) in [4.78, 5) is 17.7. The van der Waals surface area contributed by atoms with E-state index in [0.717, 1.165) is 0 Å². The normalized spacial score (nSPS) is 12.0. The van der Waals surface area contributed by atoms with Gasteiger partial charge in [0.2, 0.25) is 0 Å². The van der Waals surface area contributed by atoms with Gasteiger partial charge in [-0.3, -0.25) is 4.58 Å². The molecule has 134 valence electrons. The van der Waals surface area contributed by atoms with Crippen LogP contribution in [0.25, 0.3) is 0 Å². The second-order valence-electron chi connectivity index (χ2n) is 7.05. The van der Waals surface area contributed by atoms with Crippen LogP contribution >= 0.6 is 0 Å². The zero-order valence-corrected chi connectivity index (χ0v) is 16.3. The summed E-state index contributed by atoms with van der Waals surface area (Å²) >= 11 is 0. The van der Waals surface area contributed by atoms with Gasteiger partial charge in [-0.05, 0) is 44.3 Å². The highest BCUT2D eigenvalue weighted by Crippen LogP contribution is 2.19. The molecule has 0 unspecified atom stereocenters. The fraction of sp³-hybridized carbons (Fsp3) is 0.350. The Morgan fingerprint density at radius 1 is 0.960 bits per heavy atom. The van der Waals surface area contributed by atoms with E-state index in [0.29, 0.717) is 12.0 Å². The van der Waals surface area contributed by atoms with E-state index in [1.165, 1.54) is 5.19 Å². The third-order valence-corrected chi connectivity index (χ3v) is 6.12. The summed E-state index contributed by atoms with van der Waals surface area (Å²) < 4.78 is 11.1. The van der Waals surface area contributed by atoms with E-state index < -0.39 is 13.9 Å². The molecule has 2 aromatic rings. The molecule has 0 fully saturated rings. The SMILES string of the molecule is CC(C)(CCOC(=O)c1ccccc1)OO[Si](C)(C)c1ccccc1. The van der Waals surface area contributed by atoms with E-state index in [4.69, 9.17) is 14.2 Å².